The zero-order valence-electron chi connectivity index (χ0n) is 11.8. The van der Waals surface area contributed by atoms with Crippen LogP contribution in [0.3, 0.4) is 0 Å². The second-order valence-corrected chi connectivity index (χ2v) is 4.44. The molecule has 2 aromatic rings. The van der Waals surface area contributed by atoms with E-state index >= 15 is 0 Å². The molecule has 0 aliphatic rings. The van der Waals surface area contributed by atoms with Crippen molar-refractivity contribution in [3.8, 4) is 5.75 Å². The first-order chi connectivity index (χ1) is 9.74. The summed E-state index contributed by atoms with van der Waals surface area (Å²) in [6.45, 7) is 2.59. The van der Waals surface area contributed by atoms with E-state index in [1.165, 1.54) is 12.7 Å². The summed E-state index contributed by atoms with van der Waals surface area (Å²) in [5.41, 5.74) is 2.76. The van der Waals surface area contributed by atoms with E-state index in [1.807, 2.05) is 30.3 Å². The van der Waals surface area contributed by atoms with Crippen LogP contribution in [0.25, 0.3) is 0 Å². The molecule has 2 rings (SSSR count). The third-order valence-electron chi connectivity index (χ3n) is 3.12. The summed E-state index contributed by atoms with van der Waals surface area (Å²) in [5, 5.41) is 0. The smallest absolute Gasteiger partial charge is 0.337 e. The van der Waals surface area contributed by atoms with Gasteiger partial charge in [-0.15, -0.1) is 0 Å². The van der Waals surface area contributed by atoms with Crippen molar-refractivity contribution in [2.45, 2.75) is 20.0 Å². The van der Waals surface area contributed by atoms with Gasteiger partial charge in [0.2, 0.25) is 0 Å². The first kappa shape index (κ1) is 14.1. The SMILES string of the molecule is CCc1ccccc1OCc1ccc(C(=O)OC)cc1. The number of carbonyl (C=O) groups excluding carboxylic acids is 1. The van der Waals surface area contributed by atoms with E-state index in [1.54, 1.807) is 12.1 Å². The Morgan fingerprint density at radius 3 is 2.40 bits per heavy atom. The third-order valence-corrected chi connectivity index (χ3v) is 3.12. The maximum atomic E-state index is 11.3. The van der Waals surface area contributed by atoms with Gasteiger partial charge in [-0.1, -0.05) is 37.3 Å². The Bertz CT molecular complexity index is 573. The van der Waals surface area contributed by atoms with E-state index in [9.17, 15) is 4.79 Å². The molecule has 0 spiro atoms. The number of esters is 1. The number of benzene rings is 2. The molecule has 0 heterocycles. The molecule has 104 valence electrons. The summed E-state index contributed by atoms with van der Waals surface area (Å²) in [6.07, 6.45) is 0.942. The van der Waals surface area contributed by atoms with Crippen LogP contribution in [0, 0.1) is 0 Å². The van der Waals surface area contributed by atoms with Crippen molar-refractivity contribution in [3.05, 3.63) is 65.2 Å². The Morgan fingerprint density at radius 2 is 1.75 bits per heavy atom. The zero-order valence-corrected chi connectivity index (χ0v) is 11.8. The van der Waals surface area contributed by atoms with Gasteiger partial charge in [-0.2, -0.15) is 0 Å². The van der Waals surface area contributed by atoms with Gasteiger partial charge in [-0.05, 0) is 35.7 Å². The molecule has 2 aromatic carbocycles. The monoisotopic (exact) mass is 270 g/mol. The fourth-order valence-electron chi connectivity index (χ4n) is 1.95. The highest BCUT2D eigenvalue weighted by atomic mass is 16.5. The molecule has 0 fully saturated rings. The van der Waals surface area contributed by atoms with E-state index in [-0.39, 0.29) is 5.97 Å². The van der Waals surface area contributed by atoms with E-state index in [4.69, 9.17) is 4.74 Å². The minimum Gasteiger partial charge on any atom is -0.489 e. The standard InChI is InChI=1S/C17H18O3/c1-3-14-6-4-5-7-16(14)20-12-13-8-10-15(11-9-13)17(18)19-2/h4-11H,3,12H2,1-2H3. The molecule has 0 N–H and O–H groups in total. The number of methoxy groups -OCH3 is 1. The van der Waals surface area contributed by atoms with Crippen molar-refractivity contribution in [1.29, 1.82) is 0 Å². The van der Waals surface area contributed by atoms with Gasteiger partial charge in [-0.25, -0.2) is 4.79 Å². The lowest BCUT2D eigenvalue weighted by molar-refractivity contribution is 0.0600. The van der Waals surface area contributed by atoms with Crippen molar-refractivity contribution in [1.82, 2.24) is 0 Å². The number of rotatable bonds is 5. The first-order valence-electron chi connectivity index (χ1n) is 6.62. The fourth-order valence-corrected chi connectivity index (χ4v) is 1.95. The summed E-state index contributed by atoms with van der Waals surface area (Å²) in [4.78, 5) is 11.3. The molecular formula is C17H18O3. The van der Waals surface area contributed by atoms with E-state index < -0.39 is 0 Å². The lowest BCUT2D eigenvalue weighted by Crippen LogP contribution is -2.02. The third kappa shape index (κ3) is 3.38. The molecule has 0 unspecified atom stereocenters. The van der Waals surface area contributed by atoms with Crippen LogP contribution in [-0.2, 0) is 17.8 Å². The van der Waals surface area contributed by atoms with Crippen LogP contribution >= 0.6 is 0 Å². The molecule has 0 radical (unpaired) electrons. The number of hydrogen-bond acceptors (Lipinski definition) is 3. The van der Waals surface area contributed by atoms with Gasteiger partial charge in [0, 0.05) is 0 Å². The molecule has 0 aromatic heterocycles. The molecule has 3 nitrogen and oxygen atoms in total. The molecule has 3 heteroatoms. The molecule has 0 saturated heterocycles. The highest BCUT2D eigenvalue weighted by Crippen LogP contribution is 2.19. The van der Waals surface area contributed by atoms with Crippen LogP contribution in [-0.4, -0.2) is 13.1 Å². The average molecular weight is 270 g/mol. The minimum atomic E-state index is -0.325. The van der Waals surface area contributed by atoms with Crippen molar-refractivity contribution in [2.75, 3.05) is 7.11 Å². The van der Waals surface area contributed by atoms with Crippen molar-refractivity contribution in [3.63, 3.8) is 0 Å². The summed E-state index contributed by atoms with van der Waals surface area (Å²) < 4.78 is 10.5. The lowest BCUT2D eigenvalue weighted by atomic mass is 10.1. The van der Waals surface area contributed by atoms with Gasteiger partial charge < -0.3 is 9.47 Å². The Labute approximate surface area is 119 Å². The molecule has 0 atom stereocenters. The van der Waals surface area contributed by atoms with Crippen molar-refractivity contribution < 1.29 is 14.3 Å². The minimum absolute atomic E-state index is 0.325. The Kier molecular flexibility index (Phi) is 4.77. The lowest BCUT2D eigenvalue weighted by Gasteiger charge is -2.10. The van der Waals surface area contributed by atoms with Crippen molar-refractivity contribution in [2.24, 2.45) is 0 Å². The zero-order chi connectivity index (χ0) is 14.4. The molecule has 0 aliphatic heterocycles. The van der Waals surface area contributed by atoms with E-state index in [0.29, 0.717) is 12.2 Å². The van der Waals surface area contributed by atoms with Crippen LogP contribution in [0.15, 0.2) is 48.5 Å². The summed E-state index contributed by atoms with van der Waals surface area (Å²) >= 11 is 0. The molecule has 0 amide bonds. The number of ether oxygens (including phenoxy) is 2. The predicted octanol–water partition coefficient (Wildman–Crippen LogP) is 3.61. The Morgan fingerprint density at radius 1 is 1.05 bits per heavy atom. The van der Waals surface area contributed by atoms with Crippen LogP contribution in [0.1, 0.15) is 28.4 Å². The second-order valence-electron chi connectivity index (χ2n) is 4.44. The maximum absolute atomic E-state index is 11.3. The molecule has 0 aliphatic carbocycles. The number of carbonyl (C=O) groups is 1. The van der Waals surface area contributed by atoms with Crippen LogP contribution in [0.2, 0.25) is 0 Å². The van der Waals surface area contributed by atoms with E-state index in [2.05, 4.69) is 17.7 Å². The van der Waals surface area contributed by atoms with Crippen molar-refractivity contribution >= 4 is 5.97 Å². The summed E-state index contributed by atoms with van der Waals surface area (Å²) in [5.74, 6) is 0.584. The first-order valence-corrected chi connectivity index (χ1v) is 6.62. The van der Waals surface area contributed by atoms with Gasteiger partial charge >= 0.3 is 5.97 Å². The van der Waals surface area contributed by atoms with Gasteiger partial charge in [0.25, 0.3) is 0 Å². The largest absolute Gasteiger partial charge is 0.489 e. The van der Waals surface area contributed by atoms with Gasteiger partial charge in [0.15, 0.2) is 0 Å². The Hall–Kier alpha value is -2.29. The number of para-hydroxylation sites is 1. The van der Waals surface area contributed by atoms with Crippen LogP contribution in [0.4, 0.5) is 0 Å². The van der Waals surface area contributed by atoms with Crippen LogP contribution < -0.4 is 4.74 Å². The summed E-state index contributed by atoms with van der Waals surface area (Å²) in [7, 11) is 1.38. The van der Waals surface area contributed by atoms with E-state index in [0.717, 1.165) is 17.7 Å². The number of aryl methyl sites for hydroxylation is 1. The topological polar surface area (TPSA) is 35.5 Å². The fraction of sp³-hybridized carbons (Fsp3) is 0.235. The Balaban J connectivity index is 2.02. The normalized spacial score (nSPS) is 10.1. The maximum Gasteiger partial charge on any atom is 0.337 e. The predicted molar refractivity (Wildman–Crippen MR) is 77.9 cm³/mol. The highest BCUT2D eigenvalue weighted by molar-refractivity contribution is 5.89. The highest BCUT2D eigenvalue weighted by Gasteiger charge is 2.05. The average Bonchev–Trinajstić information content (AvgIpc) is 2.53. The quantitative estimate of drug-likeness (QED) is 0.778. The van der Waals surface area contributed by atoms with Crippen LogP contribution in [0.5, 0.6) is 5.75 Å². The number of hydrogen-bond donors (Lipinski definition) is 0. The van der Waals surface area contributed by atoms with Gasteiger partial charge in [-0.3, -0.25) is 0 Å². The molecule has 0 saturated carbocycles. The van der Waals surface area contributed by atoms with Gasteiger partial charge in [0.05, 0.1) is 12.7 Å². The summed E-state index contributed by atoms with van der Waals surface area (Å²) in [6, 6.07) is 15.3. The van der Waals surface area contributed by atoms with Gasteiger partial charge in [0.1, 0.15) is 12.4 Å². The molecule has 0 bridgehead atoms. The molecule has 20 heavy (non-hydrogen) atoms. The molecular weight excluding hydrogens is 252 g/mol. The second kappa shape index (κ2) is 6.75.